The molecule has 0 aliphatic carbocycles. The van der Waals surface area contributed by atoms with E-state index in [1.165, 1.54) is 0 Å². The SMILES string of the molecule is Cc1nn(CC(=O)N2CCN(Cc3ccc(Cl)c(Cl)c3)CC2)c2nccc(-c3ccccc3)c12. The molecule has 1 amide bonds. The molecule has 1 aliphatic heterocycles. The molecule has 8 heteroatoms. The van der Waals surface area contributed by atoms with Gasteiger partial charge in [0.2, 0.25) is 5.91 Å². The van der Waals surface area contributed by atoms with Crippen LogP contribution in [0.4, 0.5) is 0 Å². The number of halogens is 2. The van der Waals surface area contributed by atoms with E-state index in [2.05, 4.69) is 27.1 Å². The predicted molar refractivity (Wildman–Crippen MR) is 136 cm³/mol. The summed E-state index contributed by atoms with van der Waals surface area (Å²) in [5.74, 6) is 0.0606. The van der Waals surface area contributed by atoms with Gasteiger partial charge in [0.1, 0.15) is 6.54 Å². The molecule has 0 N–H and O–H groups in total. The average Bonchev–Trinajstić information content (AvgIpc) is 3.17. The number of benzene rings is 2. The van der Waals surface area contributed by atoms with Gasteiger partial charge in [0.25, 0.3) is 0 Å². The number of aromatic nitrogens is 3. The van der Waals surface area contributed by atoms with Crippen LogP contribution in [0.5, 0.6) is 0 Å². The smallest absolute Gasteiger partial charge is 0.244 e. The van der Waals surface area contributed by atoms with E-state index in [4.69, 9.17) is 23.2 Å². The third kappa shape index (κ3) is 4.67. The van der Waals surface area contributed by atoms with Crippen molar-refractivity contribution in [2.45, 2.75) is 20.0 Å². The van der Waals surface area contributed by atoms with Gasteiger partial charge < -0.3 is 4.90 Å². The van der Waals surface area contributed by atoms with Crippen molar-refractivity contribution in [3.05, 3.63) is 82.1 Å². The first-order valence-corrected chi connectivity index (χ1v) is 12.1. The van der Waals surface area contributed by atoms with Crippen LogP contribution in [0.1, 0.15) is 11.3 Å². The van der Waals surface area contributed by atoms with Crippen molar-refractivity contribution in [2.24, 2.45) is 0 Å². The van der Waals surface area contributed by atoms with Crippen LogP contribution < -0.4 is 0 Å². The lowest BCUT2D eigenvalue weighted by molar-refractivity contribution is -0.133. The second kappa shape index (κ2) is 9.74. The molecule has 0 radical (unpaired) electrons. The van der Waals surface area contributed by atoms with E-state index in [9.17, 15) is 4.79 Å². The van der Waals surface area contributed by atoms with Gasteiger partial charge in [-0.15, -0.1) is 0 Å². The van der Waals surface area contributed by atoms with Gasteiger partial charge in [-0.2, -0.15) is 5.10 Å². The zero-order valence-corrected chi connectivity index (χ0v) is 20.4. The molecule has 4 aromatic rings. The third-order valence-corrected chi connectivity index (χ3v) is 7.03. The molecule has 174 valence electrons. The number of rotatable bonds is 5. The number of pyridine rings is 1. The average molecular weight is 494 g/mol. The van der Waals surface area contributed by atoms with Gasteiger partial charge in [0.05, 0.1) is 15.7 Å². The minimum Gasteiger partial charge on any atom is -0.339 e. The molecule has 5 rings (SSSR count). The van der Waals surface area contributed by atoms with E-state index in [-0.39, 0.29) is 12.5 Å². The standard InChI is InChI=1S/C26H25Cl2N5O/c1-18-25-21(20-5-3-2-4-6-20)9-10-29-26(25)33(30-18)17-24(34)32-13-11-31(12-14-32)16-19-7-8-22(27)23(28)15-19/h2-10,15H,11-14,16-17H2,1H3. The van der Waals surface area contributed by atoms with Crippen LogP contribution in [0.3, 0.4) is 0 Å². The highest BCUT2D eigenvalue weighted by atomic mass is 35.5. The van der Waals surface area contributed by atoms with E-state index in [1.807, 2.05) is 54.3 Å². The highest BCUT2D eigenvalue weighted by Gasteiger charge is 2.23. The Bertz CT molecular complexity index is 1330. The number of hydrogen-bond acceptors (Lipinski definition) is 4. The zero-order valence-electron chi connectivity index (χ0n) is 18.9. The number of fused-ring (bicyclic) bond motifs is 1. The van der Waals surface area contributed by atoms with Gasteiger partial charge in [-0.25, -0.2) is 9.67 Å². The fourth-order valence-corrected chi connectivity index (χ4v) is 4.85. The number of amides is 1. The van der Waals surface area contributed by atoms with E-state index >= 15 is 0 Å². The first-order valence-electron chi connectivity index (χ1n) is 11.3. The van der Waals surface area contributed by atoms with E-state index in [0.29, 0.717) is 23.1 Å². The number of carbonyl (C=O) groups is 1. The van der Waals surface area contributed by atoms with Gasteiger partial charge in [0, 0.05) is 44.3 Å². The summed E-state index contributed by atoms with van der Waals surface area (Å²) in [6.07, 6.45) is 1.79. The molecule has 6 nitrogen and oxygen atoms in total. The summed E-state index contributed by atoms with van der Waals surface area (Å²) >= 11 is 12.2. The molecular weight excluding hydrogens is 469 g/mol. The molecule has 0 saturated carbocycles. The van der Waals surface area contributed by atoms with E-state index in [0.717, 1.165) is 53.1 Å². The Morgan fingerprint density at radius 2 is 1.74 bits per heavy atom. The summed E-state index contributed by atoms with van der Waals surface area (Å²) in [7, 11) is 0. The first kappa shape index (κ1) is 22.8. The van der Waals surface area contributed by atoms with Crippen molar-refractivity contribution in [3.63, 3.8) is 0 Å². The van der Waals surface area contributed by atoms with Gasteiger partial charge in [-0.1, -0.05) is 59.6 Å². The summed E-state index contributed by atoms with van der Waals surface area (Å²) in [5.41, 5.74) is 4.93. The first-order chi connectivity index (χ1) is 16.5. The van der Waals surface area contributed by atoms with Crippen LogP contribution in [0, 0.1) is 6.92 Å². The lowest BCUT2D eigenvalue weighted by Crippen LogP contribution is -2.49. The van der Waals surface area contributed by atoms with Crippen molar-refractivity contribution in [3.8, 4) is 11.1 Å². The van der Waals surface area contributed by atoms with Crippen LogP contribution in [0.15, 0.2) is 60.8 Å². The van der Waals surface area contributed by atoms with Crippen molar-refractivity contribution in [1.29, 1.82) is 0 Å². The fraction of sp³-hybridized carbons (Fsp3) is 0.269. The number of piperazine rings is 1. The van der Waals surface area contributed by atoms with Crippen LogP contribution in [-0.2, 0) is 17.9 Å². The minimum absolute atomic E-state index is 0.0606. The lowest BCUT2D eigenvalue weighted by Gasteiger charge is -2.34. The Kier molecular flexibility index (Phi) is 6.55. The van der Waals surface area contributed by atoms with Gasteiger partial charge >= 0.3 is 0 Å². The summed E-state index contributed by atoms with van der Waals surface area (Å²) in [6.45, 7) is 5.92. The Labute approximate surface area is 208 Å². The highest BCUT2D eigenvalue weighted by Crippen LogP contribution is 2.29. The maximum Gasteiger partial charge on any atom is 0.244 e. The molecule has 1 fully saturated rings. The van der Waals surface area contributed by atoms with Crippen LogP contribution >= 0.6 is 23.2 Å². The maximum absolute atomic E-state index is 13.1. The second-order valence-corrected chi connectivity index (χ2v) is 9.39. The molecule has 2 aromatic carbocycles. The van der Waals surface area contributed by atoms with Crippen LogP contribution in [0.2, 0.25) is 10.0 Å². The molecule has 3 heterocycles. The maximum atomic E-state index is 13.1. The number of aryl methyl sites for hydroxylation is 1. The lowest BCUT2D eigenvalue weighted by atomic mass is 10.0. The number of carbonyl (C=O) groups excluding carboxylic acids is 1. The van der Waals surface area contributed by atoms with Crippen molar-refractivity contribution in [1.82, 2.24) is 24.6 Å². The largest absolute Gasteiger partial charge is 0.339 e. The summed E-state index contributed by atoms with van der Waals surface area (Å²) < 4.78 is 1.74. The van der Waals surface area contributed by atoms with E-state index in [1.54, 1.807) is 10.9 Å². The topological polar surface area (TPSA) is 54.3 Å². The molecule has 2 aromatic heterocycles. The molecule has 0 bridgehead atoms. The van der Waals surface area contributed by atoms with Gasteiger partial charge in [0.15, 0.2) is 5.65 Å². The third-order valence-electron chi connectivity index (χ3n) is 6.29. The van der Waals surface area contributed by atoms with E-state index < -0.39 is 0 Å². The molecule has 1 aliphatic rings. The molecule has 0 spiro atoms. The number of nitrogens with zero attached hydrogens (tertiary/aromatic N) is 5. The van der Waals surface area contributed by atoms with Gasteiger partial charge in [-0.05, 0) is 41.8 Å². The normalized spacial score (nSPS) is 14.6. The Morgan fingerprint density at radius 1 is 0.971 bits per heavy atom. The molecule has 1 saturated heterocycles. The molecular formula is C26H25Cl2N5O. The monoisotopic (exact) mass is 493 g/mol. The van der Waals surface area contributed by atoms with Gasteiger partial charge in [-0.3, -0.25) is 9.69 Å². The Hall–Kier alpha value is -2.93. The van der Waals surface area contributed by atoms with Crippen molar-refractivity contribution in [2.75, 3.05) is 26.2 Å². The molecule has 0 atom stereocenters. The van der Waals surface area contributed by atoms with Crippen molar-refractivity contribution < 1.29 is 4.79 Å². The van der Waals surface area contributed by atoms with Crippen molar-refractivity contribution >= 4 is 40.1 Å². The van der Waals surface area contributed by atoms with Crippen LogP contribution in [-0.4, -0.2) is 56.7 Å². The summed E-state index contributed by atoms with van der Waals surface area (Å²) in [6, 6.07) is 17.9. The zero-order chi connectivity index (χ0) is 23.7. The second-order valence-electron chi connectivity index (χ2n) is 8.57. The minimum atomic E-state index is 0.0606. The molecule has 34 heavy (non-hydrogen) atoms. The quantitative estimate of drug-likeness (QED) is 0.389. The predicted octanol–water partition coefficient (Wildman–Crippen LogP) is 5.06. The fourth-order valence-electron chi connectivity index (χ4n) is 4.53. The Morgan fingerprint density at radius 3 is 2.47 bits per heavy atom. The number of hydrogen-bond donors (Lipinski definition) is 0. The highest BCUT2D eigenvalue weighted by molar-refractivity contribution is 6.42. The molecule has 0 unspecified atom stereocenters. The summed E-state index contributed by atoms with van der Waals surface area (Å²) in [5, 5.41) is 6.79. The summed E-state index contributed by atoms with van der Waals surface area (Å²) in [4.78, 5) is 21.9. The Balaban J connectivity index is 1.26. The van der Waals surface area contributed by atoms with Crippen LogP contribution in [0.25, 0.3) is 22.2 Å².